The van der Waals surface area contributed by atoms with Gasteiger partial charge >= 0.3 is 0 Å². The summed E-state index contributed by atoms with van der Waals surface area (Å²) in [4.78, 5) is 19.9. The van der Waals surface area contributed by atoms with Crippen LogP contribution in [0.3, 0.4) is 0 Å². The lowest BCUT2D eigenvalue weighted by molar-refractivity contribution is -0.115. The first-order valence-corrected chi connectivity index (χ1v) is 9.08. The second-order valence-corrected chi connectivity index (χ2v) is 6.13. The smallest absolute Gasteiger partial charge is 0.243 e. The van der Waals surface area contributed by atoms with Crippen molar-refractivity contribution < 1.29 is 14.3 Å². The van der Waals surface area contributed by atoms with Crippen molar-refractivity contribution in [3.8, 4) is 0 Å². The molecule has 3 N–H and O–H groups in total. The van der Waals surface area contributed by atoms with Crippen molar-refractivity contribution in [3.05, 3.63) is 24.5 Å². The first-order valence-electron chi connectivity index (χ1n) is 9.08. The zero-order valence-corrected chi connectivity index (χ0v) is 18.1. The maximum absolute atomic E-state index is 11.9. The van der Waals surface area contributed by atoms with Crippen molar-refractivity contribution in [2.45, 2.75) is 19.3 Å². The average molecular weight is 491 g/mol. The lowest BCUT2D eigenvalue weighted by Gasteiger charge is -2.21. The van der Waals surface area contributed by atoms with E-state index in [-0.39, 0.29) is 36.4 Å². The van der Waals surface area contributed by atoms with E-state index in [0.29, 0.717) is 24.2 Å². The molecule has 1 aliphatic rings. The highest BCUT2D eigenvalue weighted by atomic mass is 127. The second kappa shape index (κ2) is 14.6. The summed E-state index contributed by atoms with van der Waals surface area (Å²) < 4.78 is 11.1. The van der Waals surface area contributed by atoms with Crippen molar-refractivity contribution in [1.29, 1.82) is 0 Å². The van der Waals surface area contributed by atoms with Gasteiger partial charge in [0.2, 0.25) is 5.91 Å². The maximum Gasteiger partial charge on any atom is 0.243 e. The van der Waals surface area contributed by atoms with Crippen LogP contribution in [-0.4, -0.2) is 63.4 Å². The highest BCUT2D eigenvalue weighted by molar-refractivity contribution is 14.0. The van der Waals surface area contributed by atoms with Gasteiger partial charge in [-0.3, -0.25) is 14.8 Å². The molecule has 1 aromatic heterocycles. The Balaban J connectivity index is 0.00000364. The molecule has 1 fully saturated rings. The minimum Gasteiger partial charge on any atom is -0.381 e. The number of aromatic nitrogens is 1. The number of pyridine rings is 1. The standard InChI is InChI=1S/C18H29N5O3.HI/c1-19-18(22-13-17(24)23-16-4-2-7-20-12-16)21-8-3-9-26-14-15-5-10-25-11-6-15;/h2,4,7,12,15H,3,5-6,8-11,13-14H2,1H3,(H,23,24)(H2,19,21,22);1H. The molecular weight excluding hydrogens is 461 g/mol. The number of aliphatic imine (C=N–C) groups is 1. The number of hydrogen-bond donors (Lipinski definition) is 3. The molecule has 1 aromatic rings. The van der Waals surface area contributed by atoms with Crippen LogP contribution in [0.4, 0.5) is 5.69 Å². The molecular formula is C18H30IN5O3. The number of ether oxygens (including phenoxy) is 2. The van der Waals surface area contributed by atoms with Gasteiger partial charge in [-0.2, -0.15) is 0 Å². The Bertz CT molecular complexity index is 553. The number of hydrogen-bond acceptors (Lipinski definition) is 5. The third kappa shape index (κ3) is 10.5. The van der Waals surface area contributed by atoms with Crippen molar-refractivity contribution in [3.63, 3.8) is 0 Å². The van der Waals surface area contributed by atoms with E-state index in [9.17, 15) is 4.79 Å². The predicted octanol–water partition coefficient (Wildman–Crippen LogP) is 1.64. The van der Waals surface area contributed by atoms with Gasteiger partial charge in [-0.1, -0.05) is 0 Å². The molecule has 2 rings (SSSR count). The van der Waals surface area contributed by atoms with Crippen LogP contribution >= 0.6 is 24.0 Å². The zero-order chi connectivity index (χ0) is 18.5. The van der Waals surface area contributed by atoms with Gasteiger partial charge < -0.3 is 25.4 Å². The van der Waals surface area contributed by atoms with Crippen LogP contribution in [0.5, 0.6) is 0 Å². The average Bonchev–Trinajstić information content (AvgIpc) is 2.68. The highest BCUT2D eigenvalue weighted by Gasteiger charge is 2.13. The Morgan fingerprint density at radius 3 is 2.89 bits per heavy atom. The minimum atomic E-state index is -0.152. The van der Waals surface area contributed by atoms with Crippen molar-refractivity contribution >= 4 is 41.5 Å². The lowest BCUT2D eigenvalue weighted by atomic mass is 10.0. The van der Waals surface area contributed by atoms with E-state index < -0.39 is 0 Å². The number of anilines is 1. The minimum absolute atomic E-state index is 0. The summed E-state index contributed by atoms with van der Waals surface area (Å²) in [6.07, 6.45) is 6.33. The summed E-state index contributed by atoms with van der Waals surface area (Å²) in [6, 6.07) is 3.56. The fraction of sp³-hybridized carbons (Fsp3) is 0.611. The molecule has 0 aromatic carbocycles. The van der Waals surface area contributed by atoms with Gasteiger partial charge in [0, 0.05) is 46.2 Å². The molecule has 152 valence electrons. The van der Waals surface area contributed by atoms with E-state index in [0.717, 1.165) is 45.6 Å². The number of carbonyl (C=O) groups is 1. The normalized spacial score (nSPS) is 14.9. The van der Waals surface area contributed by atoms with Gasteiger partial charge in [-0.05, 0) is 37.3 Å². The Morgan fingerprint density at radius 2 is 2.19 bits per heavy atom. The fourth-order valence-electron chi connectivity index (χ4n) is 2.57. The Labute approximate surface area is 177 Å². The number of nitrogens with zero attached hydrogens (tertiary/aromatic N) is 2. The first-order chi connectivity index (χ1) is 12.8. The van der Waals surface area contributed by atoms with Crippen LogP contribution in [0.25, 0.3) is 0 Å². The first kappa shape index (κ1) is 23.6. The number of nitrogens with one attached hydrogen (secondary N) is 3. The number of carbonyl (C=O) groups excluding carboxylic acids is 1. The third-order valence-electron chi connectivity index (χ3n) is 4.04. The SMILES string of the molecule is CN=C(NCCCOCC1CCOCC1)NCC(=O)Nc1cccnc1.I. The highest BCUT2D eigenvalue weighted by Crippen LogP contribution is 2.14. The van der Waals surface area contributed by atoms with E-state index in [1.807, 2.05) is 0 Å². The van der Waals surface area contributed by atoms with Crippen LogP contribution in [0, 0.1) is 5.92 Å². The second-order valence-electron chi connectivity index (χ2n) is 6.13. The van der Waals surface area contributed by atoms with Crippen LogP contribution in [0.1, 0.15) is 19.3 Å². The zero-order valence-electron chi connectivity index (χ0n) is 15.8. The van der Waals surface area contributed by atoms with E-state index in [4.69, 9.17) is 9.47 Å². The molecule has 0 radical (unpaired) electrons. The molecule has 0 saturated carbocycles. The summed E-state index contributed by atoms with van der Waals surface area (Å²) in [5.74, 6) is 1.07. The number of rotatable bonds is 9. The van der Waals surface area contributed by atoms with Gasteiger partial charge in [-0.25, -0.2) is 0 Å². The van der Waals surface area contributed by atoms with Crippen LogP contribution in [-0.2, 0) is 14.3 Å². The quantitative estimate of drug-likeness (QED) is 0.210. The lowest BCUT2D eigenvalue weighted by Crippen LogP contribution is -2.41. The van der Waals surface area contributed by atoms with Crippen molar-refractivity contribution in [1.82, 2.24) is 15.6 Å². The van der Waals surface area contributed by atoms with Gasteiger partial charge in [0.15, 0.2) is 5.96 Å². The molecule has 9 heteroatoms. The summed E-state index contributed by atoms with van der Waals surface area (Å²) in [6.45, 7) is 4.10. The topological polar surface area (TPSA) is 96.9 Å². The summed E-state index contributed by atoms with van der Waals surface area (Å²) >= 11 is 0. The molecule has 1 aliphatic heterocycles. The molecule has 2 heterocycles. The van der Waals surface area contributed by atoms with Crippen molar-refractivity contribution in [2.75, 3.05) is 51.9 Å². The van der Waals surface area contributed by atoms with Gasteiger partial charge in [0.1, 0.15) is 0 Å². The third-order valence-corrected chi connectivity index (χ3v) is 4.04. The van der Waals surface area contributed by atoms with Crippen LogP contribution < -0.4 is 16.0 Å². The molecule has 0 atom stereocenters. The molecule has 0 bridgehead atoms. The van der Waals surface area contributed by atoms with E-state index in [1.165, 1.54) is 0 Å². The summed E-state index contributed by atoms with van der Waals surface area (Å²) in [7, 11) is 1.68. The van der Waals surface area contributed by atoms with Crippen LogP contribution in [0.2, 0.25) is 0 Å². The van der Waals surface area contributed by atoms with Gasteiger partial charge in [0.05, 0.1) is 18.4 Å². The Kier molecular flexibility index (Phi) is 12.7. The Hall–Kier alpha value is -1.46. The summed E-state index contributed by atoms with van der Waals surface area (Å²) in [5, 5.41) is 8.92. The predicted molar refractivity (Wildman–Crippen MR) is 117 cm³/mol. The number of halogens is 1. The molecule has 8 nitrogen and oxygen atoms in total. The molecule has 1 saturated heterocycles. The number of guanidine groups is 1. The number of amides is 1. The monoisotopic (exact) mass is 491 g/mol. The van der Waals surface area contributed by atoms with E-state index in [2.05, 4.69) is 25.9 Å². The van der Waals surface area contributed by atoms with E-state index >= 15 is 0 Å². The fourth-order valence-corrected chi connectivity index (χ4v) is 2.57. The van der Waals surface area contributed by atoms with E-state index in [1.54, 1.807) is 31.6 Å². The Morgan fingerprint density at radius 1 is 1.37 bits per heavy atom. The summed E-state index contributed by atoms with van der Waals surface area (Å²) in [5.41, 5.74) is 0.670. The molecule has 27 heavy (non-hydrogen) atoms. The van der Waals surface area contributed by atoms with Crippen molar-refractivity contribution in [2.24, 2.45) is 10.9 Å². The largest absolute Gasteiger partial charge is 0.381 e. The molecule has 0 unspecified atom stereocenters. The molecule has 0 spiro atoms. The maximum atomic E-state index is 11.9. The van der Waals surface area contributed by atoms with Gasteiger partial charge in [0.25, 0.3) is 0 Å². The molecule has 0 aliphatic carbocycles. The van der Waals surface area contributed by atoms with Crippen LogP contribution in [0.15, 0.2) is 29.5 Å². The van der Waals surface area contributed by atoms with Gasteiger partial charge in [-0.15, -0.1) is 24.0 Å². The molecule has 1 amide bonds.